The predicted octanol–water partition coefficient (Wildman–Crippen LogP) is 3.95. The van der Waals surface area contributed by atoms with Crippen molar-refractivity contribution in [2.24, 2.45) is 0 Å². The quantitative estimate of drug-likeness (QED) is 0.568. The Labute approximate surface area is 124 Å². The monoisotopic (exact) mass is 280 g/mol. The lowest BCUT2D eigenvalue weighted by Gasteiger charge is -2.05. The maximum Gasteiger partial charge on any atom is 0.0717 e. The van der Waals surface area contributed by atoms with E-state index in [0.29, 0.717) is 6.61 Å². The molecule has 0 saturated heterocycles. The van der Waals surface area contributed by atoms with Crippen LogP contribution in [0.3, 0.4) is 0 Å². The second-order valence-corrected chi connectivity index (χ2v) is 5.21. The van der Waals surface area contributed by atoms with Crippen molar-refractivity contribution in [2.45, 2.75) is 20.0 Å². The van der Waals surface area contributed by atoms with Gasteiger partial charge in [-0.1, -0.05) is 43.3 Å². The van der Waals surface area contributed by atoms with Gasteiger partial charge in [0.05, 0.1) is 17.8 Å². The number of ether oxygens (including phenoxy) is 1. The van der Waals surface area contributed by atoms with Crippen LogP contribution in [0.1, 0.15) is 18.9 Å². The number of hydrogen-bond acceptors (Lipinski definition) is 2. The van der Waals surface area contributed by atoms with Gasteiger partial charge in [0.1, 0.15) is 0 Å². The van der Waals surface area contributed by atoms with Gasteiger partial charge in [0.15, 0.2) is 0 Å². The van der Waals surface area contributed by atoms with Gasteiger partial charge in [-0.2, -0.15) is 0 Å². The standard InChI is InChI=1S/C18H20N2O/c1-2-10-21-13-14-8-9-17-16(11-14)12-18(20(17)19)15-6-4-3-5-7-15/h3-9,11-12H,2,10,13,19H2,1H3. The van der Waals surface area contributed by atoms with Crippen LogP contribution in [0.25, 0.3) is 22.2 Å². The third-order valence-corrected chi connectivity index (χ3v) is 3.59. The zero-order valence-electron chi connectivity index (χ0n) is 12.3. The van der Waals surface area contributed by atoms with E-state index in [1.165, 1.54) is 5.56 Å². The van der Waals surface area contributed by atoms with Gasteiger partial charge in [-0.3, -0.25) is 4.68 Å². The number of nitrogens with zero attached hydrogens (tertiary/aromatic N) is 1. The van der Waals surface area contributed by atoms with Crippen LogP contribution in [-0.2, 0) is 11.3 Å². The van der Waals surface area contributed by atoms with Gasteiger partial charge in [-0.15, -0.1) is 0 Å². The van der Waals surface area contributed by atoms with Crippen LogP contribution < -0.4 is 5.84 Å². The first kappa shape index (κ1) is 13.7. The zero-order chi connectivity index (χ0) is 14.7. The van der Waals surface area contributed by atoms with E-state index in [1.54, 1.807) is 4.68 Å². The van der Waals surface area contributed by atoms with Crippen molar-refractivity contribution in [1.29, 1.82) is 0 Å². The molecule has 0 atom stereocenters. The Morgan fingerprint density at radius 3 is 2.62 bits per heavy atom. The van der Waals surface area contributed by atoms with E-state index in [9.17, 15) is 0 Å². The molecule has 3 aromatic rings. The average molecular weight is 280 g/mol. The van der Waals surface area contributed by atoms with Gasteiger partial charge in [-0.25, -0.2) is 0 Å². The first-order chi connectivity index (χ1) is 10.3. The van der Waals surface area contributed by atoms with Crippen LogP contribution in [0.2, 0.25) is 0 Å². The van der Waals surface area contributed by atoms with Crippen LogP contribution in [0, 0.1) is 0 Å². The van der Waals surface area contributed by atoms with E-state index in [-0.39, 0.29) is 0 Å². The summed E-state index contributed by atoms with van der Waals surface area (Å²) in [6.45, 7) is 3.56. The second kappa shape index (κ2) is 6.02. The normalized spacial score (nSPS) is 11.1. The van der Waals surface area contributed by atoms with Crippen LogP contribution in [0.4, 0.5) is 0 Å². The summed E-state index contributed by atoms with van der Waals surface area (Å²) >= 11 is 0. The maximum atomic E-state index is 6.23. The van der Waals surface area contributed by atoms with E-state index in [1.807, 2.05) is 18.2 Å². The minimum atomic E-state index is 0.653. The van der Waals surface area contributed by atoms with Gasteiger partial charge < -0.3 is 10.6 Å². The summed E-state index contributed by atoms with van der Waals surface area (Å²) in [4.78, 5) is 0. The zero-order valence-corrected chi connectivity index (χ0v) is 12.3. The second-order valence-electron chi connectivity index (χ2n) is 5.21. The topological polar surface area (TPSA) is 40.2 Å². The molecule has 3 rings (SSSR count). The molecule has 108 valence electrons. The van der Waals surface area contributed by atoms with Gasteiger partial charge in [0.2, 0.25) is 0 Å². The number of hydrogen-bond donors (Lipinski definition) is 1. The summed E-state index contributed by atoms with van der Waals surface area (Å²) in [7, 11) is 0. The average Bonchev–Trinajstić information content (AvgIpc) is 2.85. The summed E-state index contributed by atoms with van der Waals surface area (Å²) in [5.74, 6) is 6.23. The molecule has 2 aromatic carbocycles. The molecular formula is C18H20N2O. The van der Waals surface area contributed by atoms with Crippen molar-refractivity contribution < 1.29 is 4.74 Å². The number of aromatic nitrogens is 1. The molecule has 0 saturated carbocycles. The summed E-state index contributed by atoms with van der Waals surface area (Å²) in [6.07, 6.45) is 1.04. The molecule has 0 radical (unpaired) electrons. The fraction of sp³-hybridized carbons (Fsp3) is 0.222. The number of nitrogens with two attached hydrogens (primary N) is 1. The van der Waals surface area contributed by atoms with E-state index in [4.69, 9.17) is 10.6 Å². The highest BCUT2D eigenvalue weighted by atomic mass is 16.5. The Kier molecular flexibility index (Phi) is 3.93. The minimum Gasteiger partial charge on any atom is -0.377 e. The highest BCUT2D eigenvalue weighted by molar-refractivity contribution is 5.87. The Bertz CT molecular complexity index is 732. The number of rotatable bonds is 5. The van der Waals surface area contributed by atoms with E-state index < -0.39 is 0 Å². The number of nitrogen functional groups attached to an aromatic ring is 1. The molecule has 0 bridgehead atoms. The molecular weight excluding hydrogens is 260 g/mol. The van der Waals surface area contributed by atoms with E-state index in [2.05, 4.69) is 43.3 Å². The molecule has 0 aliphatic carbocycles. The van der Waals surface area contributed by atoms with Crippen LogP contribution in [0.5, 0.6) is 0 Å². The van der Waals surface area contributed by atoms with Crippen molar-refractivity contribution in [1.82, 2.24) is 4.68 Å². The van der Waals surface area contributed by atoms with Crippen molar-refractivity contribution in [3.8, 4) is 11.3 Å². The lowest BCUT2D eigenvalue weighted by Crippen LogP contribution is -2.08. The largest absolute Gasteiger partial charge is 0.377 e. The Morgan fingerprint density at radius 1 is 1.05 bits per heavy atom. The summed E-state index contributed by atoms with van der Waals surface area (Å²) in [5.41, 5.74) is 4.37. The van der Waals surface area contributed by atoms with Gasteiger partial charge >= 0.3 is 0 Å². The summed E-state index contributed by atoms with van der Waals surface area (Å²) < 4.78 is 7.35. The van der Waals surface area contributed by atoms with E-state index in [0.717, 1.165) is 35.2 Å². The first-order valence-corrected chi connectivity index (χ1v) is 7.32. The summed E-state index contributed by atoms with van der Waals surface area (Å²) in [6, 6.07) is 18.6. The van der Waals surface area contributed by atoms with Crippen molar-refractivity contribution in [3.63, 3.8) is 0 Å². The highest BCUT2D eigenvalue weighted by Gasteiger charge is 2.08. The number of benzene rings is 2. The van der Waals surface area contributed by atoms with Crippen molar-refractivity contribution in [3.05, 3.63) is 60.2 Å². The van der Waals surface area contributed by atoms with Crippen molar-refractivity contribution >= 4 is 10.9 Å². The van der Waals surface area contributed by atoms with Gasteiger partial charge in [0, 0.05) is 17.6 Å². The number of fused-ring (bicyclic) bond motifs is 1. The molecule has 0 fully saturated rings. The Morgan fingerprint density at radius 2 is 1.86 bits per heavy atom. The van der Waals surface area contributed by atoms with Crippen molar-refractivity contribution in [2.75, 3.05) is 12.4 Å². The molecule has 3 nitrogen and oxygen atoms in total. The molecule has 21 heavy (non-hydrogen) atoms. The molecule has 1 heterocycles. The summed E-state index contributed by atoms with van der Waals surface area (Å²) in [5, 5.41) is 1.15. The molecule has 0 aliphatic rings. The van der Waals surface area contributed by atoms with E-state index >= 15 is 0 Å². The molecule has 0 amide bonds. The third-order valence-electron chi connectivity index (χ3n) is 3.59. The maximum absolute atomic E-state index is 6.23. The van der Waals surface area contributed by atoms with Crippen LogP contribution in [-0.4, -0.2) is 11.3 Å². The molecule has 0 spiro atoms. The molecule has 2 N–H and O–H groups in total. The smallest absolute Gasteiger partial charge is 0.0717 e. The third kappa shape index (κ3) is 2.78. The lowest BCUT2D eigenvalue weighted by molar-refractivity contribution is 0.121. The molecule has 0 aliphatic heterocycles. The first-order valence-electron chi connectivity index (χ1n) is 7.32. The SMILES string of the molecule is CCCOCc1ccc2c(c1)cc(-c1ccccc1)n2N. The Hall–Kier alpha value is -2.26. The van der Waals surface area contributed by atoms with Crippen LogP contribution in [0.15, 0.2) is 54.6 Å². The van der Waals surface area contributed by atoms with Gasteiger partial charge in [0.25, 0.3) is 0 Å². The molecule has 1 aromatic heterocycles. The highest BCUT2D eigenvalue weighted by Crippen LogP contribution is 2.27. The van der Waals surface area contributed by atoms with Crippen LogP contribution >= 0.6 is 0 Å². The Balaban J connectivity index is 1.96. The van der Waals surface area contributed by atoms with Gasteiger partial charge in [-0.05, 0) is 30.2 Å². The predicted molar refractivity (Wildman–Crippen MR) is 87.5 cm³/mol. The lowest BCUT2D eigenvalue weighted by atomic mass is 10.1. The molecule has 0 unspecified atom stereocenters. The minimum absolute atomic E-state index is 0.653. The fourth-order valence-corrected chi connectivity index (χ4v) is 2.54. The fourth-order valence-electron chi connectivity index (χ4n) is 2.54. The molecule has 3 heteroatoms.